The number of amides is 1. The summed E-state index contributed by atoms with van der Waals surface area (Å²) in [5.74, 6) is -0.256. The predicted octanol–water partition coefficient (Wildman–Crippen LogP) is 3.82. The van der Waals surface area contributed by atoms with E-state index in [0.717, 1.165) is 11.1 Å². The third-order valence-electron chi connectivity index (χ3n) is 4.38. The summed E-state index contributed by atoms with van der Waals surface area (Å²) in [7, 11) is 1.54. The molecule has 0 saturated carbocycles. The average Bonchev–Trinajstić information content (AvgIpc) is 2.74. The van der Waals surface area contributed by atoms with Crippen molar-refractivity contribution in [3.8, 4) is 22.8 Å². The topological polar surface area (TPSA) is 102 Å². The van der Waals surface area contributed by atoms with Gasteiger partial charge in [-0.3, -0.25) is 4.79 Å². The number of carbonyl (C=O) groups is 1. The van der Waals surface area contributed by atoms with Crippen LogP contribution in [0.4, 0.5) is 5.69 Å². The van der Waals surface area contributed by atoms with E-state index in [0.29, 0.717) is 17.0 Å². The molecule has 0 unspecified atom stereocenters. The first-order valence-electron chi connectivity index (χ1n) is 8.73. The summed E-state index contributed by atoms with van der Waals surface area (Å²) in [4.78, 5) is 29.0. The number of phenols is 1. The van der Waals surface area contributed by atoms with Gasteiger partial charge in [-0.05, 0) is 35.9 Å². The Morgan fingerprint density at radius 3 is 2.66 bits per heavy atom. The normalized spacial score (nSPS) is 10.7. The smallest absolute Gasteiger partial charge is 0.349 e. The minimum atomic E-state index is -0.827. The molecule has 4 rings (SSSR count). The van der Waals surface area contributed by atoms with Gasteiger partial charge in [-0.2, -0.15) is 0 Å². The van der Waals surface area contributed by atoms with Crippen LogP contribution in [0.2, 0.25) is 0 Å². The number of nitrogens with zero attached hydrogens (tertiary/aromatic N) is 1. The molecule has 0 aliphatic heterocycles. The van der Waals surface area contributed by atoms with E-state index < -0.39 is 11.5 Å². The van der Waals surface area contributed by atoms with E-state index in [-0.39, 0.29) is 16.9 Å². The molecule has 7 nitrogen and oxygen atoms in total. The van der Waals surface area contributed by atoms with Crippen LogP contribution in [0, 0.1) is 0 Å². The molecule has 0 fully saturated rings. The molecule has 2 N–H and O–H groups in total. The Kier molecular flexibility index (Phi) is 4.70. The standard InChI is InChI=1S/C22H16N2O5/c1-28-19-9-8-15(12-23-19)13-4-2-6-16(10-13)24-21(26)17-11-14-5-3-7-18(25)20(14)29-22(17)27/h2-12,25H,1H3,(H,24,26). The second kappa shape index (κ2) is 7.47. The molecule has 29 heavy (non-hydrogen) atoms. The fourth-order valence-electron chi connectivity index (χ4n) is 2.93. The maximum absolute atomic E-state index is 12.6. The highest BCUT2D eigenvalue weighted by Gasteiger charge is 2.15. The number of hydrogen-bond donors (Lipinski definition) is 2. The number of rotatable bonds is 4. The molecule has 0 radical (unpaired) electrons. The molecule has 0 spiro atoms. The van der Waals surface area contributed by atoms with Gasteiger partial charge in [-0.15, -0.1) is 0 Å². The predicted molar refractivity (Wildman–Crippen MR) is 108 cm³/mol. The van der Waals surface area contributed by atoms with Crippen molar-refractivity contribution in [3.05, 3.63) is 82.8 Å². The number of benzene rings is 2. The van der Waals surface area contributed by atoms with Crippen LogP contribution in [0.1, 0.15) is 10.4 Å². The number of methoxy groups -OCH3 is 1. The van der Waals surface area contributed by atoms with Crippen LogP contribution in [0.5, 0.6) is 11.6 Å². The summed E-state index contributed by atoms with van der Waals surface area (Å²) in [5, 5.41) is 12.9. The van der Waals surface area contributed by atoms with Gasteiger partial charge >= 0.3 is 5.63 Å². The monoisotopic (exact) mass is 388 g/mol. The number of pyridine rings is 1. The molecule has 1 amide bonds. The minimum absolute atomic E-state index is 0.0445. The molecule has 0 atom stereocenters. The fraction of sp³-hybridized carbons (Fsp3) is 0.0455. The molecule has 2 aromatic carbocycles. The van der Waals surface area contributed by atoms with E-state index in [9.17, 15) is 14.7 Å². The van der Waals surface area contributed by atoms with Crippen molar-refractivity contribution >= 4 is 22.6 Å². The summed E-state index contributed by atoms with van der Waals surface area (Å²) < 4.78 is 10.2. The lowest BCUT2D eigenvalue weighted by molar-refractivity contribution is 0.102. The second-order valence-electron chi connectivity index (χ2n) is 6.27. The molecule has 7 heteroatoms. The highest BCUT2D eigenvalue weighted by atomic mass is 16.5. The van der Waals surface area contributed by atoms with Crippen molar-refractivity contribution in [3.63, 3.8) is 0 Å². The van der Waals surface area contributed by atoms with E-state index in [4.69, 9.17) is 9.15 Å². The largest absolute Gasteiger partial charge is 0.504 e. The molecular weight excluding hydrogens is 372 g/mol. The van der Waals surface area contributed by atoms with E-state index >= 15 is 0 Å². The summed E-state index contributed by atoms with van der Waals surface area (Å²) in [6.45, 7) is 0. The lowest BCUT2D eigenvalue weighted by Crippen LogP contribution is -2.20. The number of nitrogens with one attached hydrogen (secondary N) is 1. The number of carbonyl (C=O) groups excluding carboxylic acids is 1. The summed E-state index contributed by atoms with van der Waals surface area (Å²) in [5.41, 5.74) is 1.27. The number of aromatic nitrogens is 1. The van der Waals surface area contributed by atoms with Gasteiger partial charge in [0.25, 0.3) is 5.91 Å². The molecule has 144 valence electrons. The van der Waals surface area contributed by atoms with Crippen LogP contribution >= 0.6 is 0 Å². The maximum atomic E-state index is 12.6. The Hall–Kier alpha value is -4.13. The fourth-order valence-corrected chi connectivity index (χ4v) is 2.93. The molecule has 0 saturated heterocycles. The molecule has 0 aliphatic carbocycles. The molecular formula is C22H16N2O5. The van der Waals surface area contributed by atoms with Crippen LogP contribution in [0.3, 0.4) is 0 Å². The number of para-hydroxylation sites is 1. The van der Waals surface area contributed by atoms with E-state index in [1.165, 1.54) is 12.1 Å². The first-order valence-corrected chi connectivity index (χ1v) is 8.73. The highest BCUT2D eigenvalue weighted by Crippen LogP contribution is 2.25. The van der Waals surface area contributed by atoms with E-state index in [1.807, 2.05) is 12.1 Å². The average molecular weight is 388 g/mol. The van der Waals surface area contributed by atoms with Crippen LogP contribution in [-0.2, 0) is 0 Å². The first kappa shape index (κ1) is 18.2. The number of phenolic OH excluding ortho intramolecular Hbond substituents is 1. The molecule has 0 aliphatic rings. The highest BCUT2D eigenvalue weighted by molar-refractivity contribution is 6.05. The molecule has 2 aromatic heterocycles. The van der Waals surface area contributed by atoms with Crippen LogP contribution in [0.25, 0.3) is 22.1 Å². The lowest BCUT2D eigenvalue weighted by Gasteiger charge is -2.08. The number of ether oxygens (including phenoxy) is 1. The van der Waals surface area contributed by atoms with Crippen molar-refractivity contribution < 1.29 is 19.1 Å². The van der Waals surface area contributed by atoms with Crippen molar-refractivity contribution in [2.24, 2.45) is 0 Å². The number of anilines is 1. The Morgan fingerprint density at radius 1 is 1.07 bits per heavy atom. The minimum Gasteiger partial charge on any atom is -0.504 e. The number of aromatic hydroxyl groups is 1. The van der Waals surface area contributed by atoms with Gasteiger partial charge in [0.1, 0.15) is 5.56 Å². The van der Waals surface area contributed by atoms with Crippen molar-refractivity contribution in [1.82, 2.24) is 4.98 Å². The van der Waals surface area contributed by atoms with Crippen LogP contribution < -0.4 is 15.7 Å². The first-order chi connectivity index (χ1) is 14.0. The van der Waals surface area contributed by atoms with Gasteiger partial charge in [0.15, 0.2) is 11.3 Å². The Balaban J connectivity index is 1.62. The van der Waals surface area contributed by atoms with Gasteiger partial charge in [0, 0.05) is 28.9 Å². The maximum Gasteiger partial charge on any atom is 0.349 e. The number of fused-ring (bicyclic) bond motifs is 1. The third kappa shape index (κ3) is 3.66. The summed E-state index contributed by atoms with van der Waals surface area (Å²) >= 11 is 0. The van der Waals surface area contributed by atoms with Gasteiger partial charge in [-0.1, -0.05) is 24.3 Å². The zero-order valence-corrected chi connectivity index (χ0v) is 15.4. The number of hydrogen-bond acceptors (Lipinski definition) is 6. The van der Waals surface area contributed by atoms with Gasteiger partial charge < -0.3 is 19.6 Å². The summed E-state index contributed by atoms with van der Waals surface area (Å²) in [6, 6.07) is 16.8. The van der Waals surface area contributed by atoms with Crippen molar-refractivity contribution in [2.45, 2.75) is 0 Å². The lowest BCUT2D eigenvalue weighted by atomic mass is 10.1. The molecule has 2 heterocycles. The van der Waals surface area contributed by atoms with Crippen LogP contribution in [0.15, 0.2) is 76.1 Å². The summed E-state index contributed by atoms with van der Waals surface area (Å²) in [6.07, 6.45) is 1.67. The molecule has 0 bridgehead atoms. The Bertz CT molecular complexity index is 1260. The Labute approximate surface area is 165 Å². The zero-order chi connectivity index (χ0) is 20.4. The van der Waals surface area contributed by atoms with Crippen LogP contribution in [-0.4, -0.2) is 23.1 Å². The van der Waals surface area contributed by atoms with Crippen molar-refractivity contribution in [1.29, 1.82) is 0 Å². The van der Waals surface area contributed by atoms with Crippen molar-refractivity contribution in [2.75, 3.05) is 12.4 Å². The Morgan fingerprint density at radius 2 is 1.90 bits per heavy atom. The van der Waals surface area contributed by atoms with Gasteiger partial charge in [-0.25, -0.2) is 9.78 Å². The van der Waals surface area contributed by atoms with E-state index in [2.05, 4.69) is 10.3 Å². The van der Waals surface area contributed by atoms with Gasteiger partial charge in [0.05, 0.1) is 7.11 Å². The van der Waals surface area contributed by atoms with E-state index in [1.54, 1.807) is 49.7 Å². The molecule has 4 aromatic rings. The second-order valence-corrected chi connectivity index (χ2v) is 6.27. The van der Waals surface area contributed by atoms with Gasteiger partial charge in [0.2, 0.25) is 5.88 Å². The zero-order valence-electron chi connectivity index (χ0n) is 15.4. The quantitative estimate of drug-likeness (QED) is 0.515. The third-order valence-corrected chi connectivity index (χ3v) is 4.38. The SMILES string of the molecule is COc1ccc(-c2cccc(NC(=O)c3cc4cccc(O)c4oc3=O)c2)cn1.